The SMILES string of the molecule is O=C(NC(C(=O)O)c1cccc(F)c1F)OCC1c2ccccc2-c2ccccc21. The molecule has 0 heterocycles. The highest BCUT2D eigenvalue weighted by Crippen LogP contribution is 2.44. The maximum atomic E-state index is 14.0. The molecule has 1 atom stereocenters. The fourth-order valence-corrected chi connectivity index (χ4v) is 3.77. The Morgan fingerprint density at radius 3 is 2.13 bits per heavy atom. The molecule has 5 nitrogen and oxygen atoms in total. The molecule has 0 bridgehead atoms. The number of carboxylic acids is 1. The first-order chi connectivity index (χ1) is 14.5. The highest BCUT2D eigenvalue weighted by Gasteiger charge is 2.31. The molecule has 0 saturated carbocycles. The lowest BCUT2D eigenvalue weighted by atomic mass is 9.98. The molecular formula is C23H17F2NO4. The van der Waals surface area contributed by atoms with E-state index >= 15 is 0 Å². The molecule has 2 N–H and O–H groups in total. The normalized spacial score (nSPS) is 13.3. The number of ether oxygens (including phenoxy) is 1. The second-order valence-corrected chi connectivity index (χ2v) is 6.88. The number of halogens is 2. The summed E-state index contributed by atoms with van der Waals surface area (Å²) in [5.74, 6) is -4.28. The molecular weight excluding hydrogens is 392 g/mol. The van der Waals surface area contributed by atoms with E-state index in [0.717, 1.165) is 34.4 Å². The molecule has 7 heteroatoms. The van der Waals surface area contributed by atoms with Gasteiger partial charge < -0.3 is 15.2 Å². The van der Waals surface area contributed by atoms with Crippen molar-refractivity contribution in [1.82, 2.24) is 5.32 Å². The van der Waals surface area contributed by atoms with Crippen molar-refractivity contribution in [3.8, 4) is 11.1 Å². The second-order valence-electron chi connectivity index (χ2n) is 6.88. The van der Waals surface area contributed by atoms with Crippen LogP contribution < -0.4 is 5.32 Å². The van der Waals surface area contributed by atoms with Crippen molar-refractivity contribution in [2.75, 3.05) is 6.61 Å². The lowest BCUT2D eigenvalue weighted by Gasteiger charge is -2.18. The number of hydrogen-bond donors (Lipinski definition) is 2. The van der Waals surface area contributed by atoms with Gasteiger partial charge in [0.15, 0.2) is 17.7 Å². The van der Waals surface area contributed by atoms with Gasteiger partial charge in [-0.3, -0.25) is 0 Å². The summed E-state index contributed by atoms with van der Waals surface area (Å²) in [6, 6.07) is 16.9. The zero-order valence-corrected chi connectivity index (χ0v) is 15.6. The van der Waals surface area contributed by atoms with Crippen LogP contribution >= 0.6 is 0 Å². The van der Waals surface area contributed by atoms with E-state index in [0.29, 0.717) is 0 Å². The molecule has 30 heavy (non-hydrogen) atoms. The van der Waals surface area contributed by atoms with Gasteiger partial charge in [-0.1, -0.05) is 60.7 Å². The Hall–Kier alpha value is -3.74. The zero-order chi connectivity index (χ0) is 21.3. The molecule has 3 aromatic carbocycles. The molecule has 0 aliphatic heterocycles. The number of rotatable bonds is 5. The fourth-order valence-electron chi connectivity index (χ4n) is 3.77. The Kier molecular flexibility index (Phi) is 5.18. The van der Waals surface area contributed by atoms with Gasteiger partial charge in [0.25, 0.3) is 0 Å². The third-order valence-corrected chi connectivity index (χ3v) is 5.15. The Balaban J connectivity index is 1.51. The van der Waals surface area contributed by atoms with Crippen LogP contribution in [0.25, 0.3) is 11.1 Å². The van der Waals surface area contributed by atoms with Crippen molar-refractivity contribution >= 4 is 12.1 Å². The molecule has 4 rings (SSSR count). The van der Waals surface area contributed by atoms with Crippen LogP contribution in [0.2, 0.25) is 0 Å². The average molecular weight is 409 g/mol. The Bertz CT molecular complexity index is 1090. The van der Waals surface area contributed by atoms with E-state index < -0.39 is 35.3 Å². The van der Waals surface area contributed by atoms with E-state index in [9.17, 15) is 23.5 Å². The summed E-state index contributed by atoms with van der Waals surface area (Å²) in [7, 11) is 0. The topological polar surface area (TPSA) is 75.6 Å². The van der Waals surface area contributed by atoms with Crippen LogP contribution in [0.15, 0.2) is 66.7 Å². The van der Waals surface area contributed by atoms with Crippen LogP contribution in [0, 0.1) is 11.6 Å². The van der Waals surface area contributed by atoms with E-state index in [2.05, 4.69) is 5.32 Å². The summed E-state index contributed by atoms with van der Waals surface area (Å²) in [6.45, 7) is -0.0299. The van der Waals surface area contributed by atoms with E-state index in [1.165, 1.54) is 6.07 Å². The van der Waals surface area contributed by atoms with E-state index in [4.69, 9.17) is 4.74 Å². The van der Waals surface area contributed by atoms with Gasteiger partial charge in [-0.05, 0) is 28.3 Å². The number of carbonyl (C=O) groups is 2. The summed E-state index contributed by atoms with van der Waals surface area (Å²) < 4.78 is 32.7. The number of hydrogen-bond acceptors (Lipinski definition) is 3. The quantitative estimate of drug-likeness (QED) is 0.644. The van der Waals surface area contributed by atoms with Gasteiger partial charge in [-0.2, -0.15) is 0 Å². The standard InChI is InChI=1S/C23H17F2NO4/c24-19-11-5-10-17(20(19)25)21(22(27)28)26-23(29)30-12-18-15-8-3-1-6-13(15)14-7-2-4-9-16(14)18/h1-11,18,21H,12H2,(H,26,29)(H,27,28). The predicted octanol–water partition coefficient (Wildman–Crippen LogP) is 4.63. The number of alkyl carbamates (subject to hydrolysis) is 1. The Labute approximate surface area is 170 Å². The molecule has 1 aliphatic rings. The Morgan fingerprint density at radius 1 is 0.933 bits per heavy atom. The second kappa shape index (κ2) is 7.94. The third-order valence-electron chi connectivity index (χ3n) is 5.15. The summed E-state index contributed by atoms with van der Waals surface area (Å²) >= 11 is 0. The smallest absolute Gasteiger partial charge is 0.408 e. The first-order valence-corrected chi connectivity index (χ1v) is 9.25. The largest absolute Gasteiger partial charge is 0.479 e. The minimum atomic E-state index is -1.78. The molecule has 152 valence electrons. The van der Waals surface area contributed by atoms with E-state index in [1.807, 2.05) is 48.5 Å². The van der Waals surface area contributed by atoms with Crippen molar-refractivity contribution in [2.45, 2.75) is 12.0 Å². The highest BCUT2D eigenvalue weighted by molar-refractivity contribution is 5.82. The molecule has 1 aliphatic carbocycles. The van der Waals surface area contributed by atoms with Crippen LogP contribution in [-0.2, 0) is 9.53 Å². The molecule has 0 spiro atoms. The van der Waals surface area contributed by atoms with E-state index in [1.54, 1.807) is 0 Å². The van der Waals surface area contributed by atoms with Gasteiger partial charge in [0.2, 0.25) is 0 Å². The number of carbonyl (C=O) groups excluding carboxylic acids is 1. The molecule has 0 saturated heterocycles. The van der Waals surface area contributed by atoms with Gasteiger partial charge in [-0.15, -0.1) is 0 Å². The van der Waals surface area contributed by atoms with Crippen LogP contribution in [0.3, 0.4) is 0 Å². The van der Waals surface area contributed by atoms with Gasteiger partial charge in [0.1, 0.15) is 6.61 Å². The summed E-state index contributed by atoms with van der Waals surface area (Å²) in [4.78, 5) is 23.8. The summed E-state index contributed by atoms with van der Waals surface area (Å²) in [6.07, 6.45) is -1.03. The first kappa shape index (κ1) is 19.6. The van der Waals surface area contributed by atoms with Crippen LogP contribution in [0.1, 0.15) is 28.7 Å². The lowest BCUT2D eigenvalue weighted by molar-refractivity contribution is -0.139. The number of nitrogens with one attached hydrogen (secondary N) is 1. The minimum absolute atomic E-state index is 0.0299. The first-order valence-electron chi connectivity index (χ1n) is 9.25. The third kappa shape index (κ3) is 3.50. The van der Waals surface area contributed by atoms with Crippen molar-refractivity contribution in [3.05, 3.63) is 95.1 Å². The van der Waals surface area contributed by atoms with Crippen LogP contribution in [0.4, 0.5) is 13.6 Å². The average Bonchev–Trinajstić information content (AvgIpc) is 3.06. The molecule has 3 aromatic rings. The number of carboxylic acid groups (broad SMARTS) is 1. The molecule has 1 unspecified atom stereocenters. The van der Waals surface area contributed by atoms with Gasteiger partial charge >= 0.3 is 12.1 Å². The number of amides is 1. The molecule has 0 aromatic heterocycles. The molecule has 0 radical (unpaired) electrons. The number of benzene rings is 3. The van der Waals surface area contributed by atoms with Crippen molar-refractivity contribution < 1.29 is 28.2 Å². The monoisotopic (exact) mass is 409 g/mol. The summed E-state index contributed by atoms with van der Waals surface area (Å²) in [5, 5.41) is 11.5. The summed E-state index contributed by atoms with van der Waals surface area (Å²) in [5.41, 5.74) is 3.60. The molecule has 0 fully saturated rings. The number of fused-ring (bicyclic) bond motifs is 3. The van der Waals surface area contributed by atoms with Crippen LogP contribution in [-0.4, -0.2) is 23.8 Å². The maximum absolute atomic E-state index is 14.0. The molecule has 1 amide bonds. The zero-order valence-electron chi connectivity index (χ0n) is 15.6. The maximum Gasteiger partial charge on any atom is 0.408 e. The van der Waals surface area contributed by atoms with Crippen molar-refractivity contribution in [2.24, 2.45) is 0 Å². The predicted molar refractivity (Wildman–Crippen MR) is 105 cm³/mol. The Morgan fingerprint density at radius 2 is 1.53 bits per heavy atom. The minimum Gasteiger partial charge on any atom is -0.479 e. The lowest BCUT2D eigenvalue weighted by Crippen LogP contribution is -2.35. The van der Waals surface area contributed by atoms with Gasteiger partial charge in [0.05, 0.1) is 0 Å². The fraction of sp³-hybridized carbons (Fsp3) is 0.130. The van der Waals surface area contributed by atoms with Crippen molar-refractivity contribution in [3.63, 3.8) is 0 Å². The van der Waals surface area contributed by atoms with Gasteiger partial charge in [0, 0.05) is 11.5 Å². The van der Waals surface area contributed by atoms with E-state index in [-0.39, 0.29) is 12.5 Å². The van der Waals surface area contributed by atoms with Gasteiger partial charge in [-0.25, -0.2) is 18.4 Å². The highest BCUT2D eigenvalue weighted by atomic mass is 19.2. The number of aliphatic carboxylic acids is 1. The van der Waals surface area contributed by atoms with Crippen LogP contribution in [0.5, 0.6) is 0 Å². The van der Waals surface area contributed by atoms with Crippen molar-refractivity contribution in [1.29, 1.82) is 0 Å².